The lowest BCUT2D eigenvalue weighted by Gasteiger charge is -2.43. The average Bonchev–Trinajstić information content (AvgIpc) is 2.72. The maximum atomic E-state index is 6.02. The highest BCUT2D eigenvalue weighted by molar-refractivity contribution is 7.99. The van der Waals surface area contributed by atoms with Crippen LogP contribution in [0.25, 0.3) is 0 Å². The van der Waals surface area contributed by atoms with E-state index in [-0.39, 0.29) is 0 Å². The Morgan fingerprint density at radius 3 is 2.94 bits per heavy atom. The van der Waals surface area contributed by atoms with Crippen molar-refractivity contribution in [2.45, 2.75) is 44.2 Å². The van der Waals surface area contributed by atoms with Gasteiger partial charge in [0.15, 0.2) is 0 Å². The zero-order chi connectivity index (χ0) is 11.0. The van der Waals surface area contributed by atoms with Crippen LogP contribution in [0, 0.1) is 17.8 Å². The van der Waals surface area contributed by atoms with E-state index < -0.39 is 0 Å². The number of hydrogen-bond donors (Lipinski definition) is 2. The molecular weight excluding hydrogens is 216 g/mol. The minimum absolute atomic E-state index is 0.797. The van der Waals surface area contributed by atoms with Gasteiger partial charge in [0.25, 0.3) is 0 Å². The molecule has 0 aromatic heterocycles. The smallest absolute Gasteiger partial charge is 0.0105 e. The van der Waals surface area contributed by atoms with E-state index in [0.717, 1.165) is 36.4 Å². The number of thioether (sulfide) groups is 1. The number of nitrogens with one attached hydrogen (secondary N) is 1. The van der Waals surface area contributed by atoms with Crippen molar-refractivity contribution in [1.29, 1.82) is 0 Å². The van der Waals surface area contributed by atoms with Crippen molar-refractivity contribution in [1.82, 2.24) is 5.32 Å². The lowest BCUT2D eigenvalue weighted by atomic mass is 9.72. The van der Waals surface area contributed by atoms with Crippen LogP contribution < -0.4 is 11.1 Å². The van der Waals surface area contributed by atoms with E-state index in [0.29, 0.717) is 0 Å². The Bertz CT molecular complexity index is 240. The van der Waals surface area contributed by atoms with E-state index in [1.54, 1.807) is 0 Å². The molecule has 0 radical (unpaired) electrons. The molecule has 0 aliphatic carbocycles. The summed E-state index contributed by atoms with van der Waals surface area (Å²) in [5.74, 6) is 5.42. The normalized spacial score (nSPS) is 48.2. The number of rotatable bonds is 2. The van der Waals surface area contributed by atoms with Gasteiger partial charge in [0, 0.05) is 12.1 Å². The van der Waals surface area contributed by atoms with Gasteiger partial charge in [-0.15, -0.1) is 0 Å². The molecule has 3 aliphatic rings. The molecule has 3 heterocycles. The summed E-state index contributed by atoms with van der Waals surface area (Å²) < 4.78 is 0. The van der Waals surface area contributed by atoms with E-state index in [9.17, 15) is 0 Å². The Labute approximate surface area is 103 Å². The van der Waals surface area contributed by atoms with Gasteiger partial charge in [-0.2, -0.15) is 11.8 Å². The lowest BCUT2D eigenvalue weighted by molar-refractivity contribution is 0.135. The summed E-state index contributed by atoms with van der Waals surface area (Å²) in [7, 11) is 0. The second kappa shape index (κ2) is 4.87. The molecule has 2 nitrogen and oxygen atoms in total. The first-order valence-corrected chi connectivity index (χ1v) is 8.08. The van der Waals surface area contributed by atoms with Gasteiger partial charge in [-0.25, -0.2) is 0 Å². The maximum Gasteiger partial charge on any atom is 0.0105 e. The van der Waals surface area contributed by atoms with Gasteiger partial charge in [-0.1, -0.05) is 0 Å². The van der Waals surface area contributed by atoms with Crippen molar-refractivity contribution in [2.24, 2.45) is 23.5 Å². The third kappa shape index (κ3) is 2.02. The van der Waals surface area contributed by atoms with E-state index in [1.165, 1.54) is 43.6 Å². The molecule has 0 amide bonds. The van der Waals surface area contributed by atoms with E-state index in [2.05, 4.69) is 17.1 Å². The van der Waals surface area contributed by atoms with Gasteiger partial charge in [0.1, 0.15) is 0 Å². The van der Waals surface area contributed by atoms with Crippen LogP contribution in [-0.4, -0.2) is 30.1 Å². The standard InChI is InChI=1S/C13H24N2S/c14-7-10-6-11-3-4-12(15-11)13(10)9-2-1-5-16-8-9/h9-13,15H,1-8,14H2. The molecule has 3 aliphatic heterocycles. The summed E-state index contributed by atoms with van der Waals surface area (Å²) in [6.07, 6.45) is 7.04. The molecule has 0 aromatic rings. The van der Waals surface area contributed by atoms with Crippen LogP contribution in [0.5, 0.6) is 0 Å². The third-order valence-electron chi connectivity index (χ3n) is 4.91. The molecular formula is C13H24N2S. The van der Waals surface area contributed by atoms with Crippen LogP contribution in [0.3, 0.4) is 0 Å². The molecule has 3 rings (SSSR count). The number of fused-ring (bicyclic) bond motifs is 2. The molecule has 0 aromatic carbocycles. The highest BCUT2D eigenvalue weighted by atomic mass is 32.2. The number of nitrogens with two attached hydrogens (primary N) is 1. The zero-order valence-corrected chi connectivity index (χ0v) is 10.8. The maximum absolute atomic E-state index is 6.02. The second-order valence-electron chi connectivity index (χ2n) is 5.83. The molecule has 5 atom stereocenters. The summed E-state index contributed by atoms with van der Waals surface area (Å²) >= 11 is 2.17. The first-order valence-electron chi connectivity index (χ1n) is 6.92. The molecule has 0 saturated carbocycles. The largest absolute Gasteiger partial charge is 0.330 e. The Morgan fingerprint density at radius 2 is 2.19 bits per heavy atom. The van der Waals surface area contributed by atoms with Crippen molar-refractivity contribution >= 4 is 11.8 Å². The summed E-state index contributed by atoms with van der Waals surface area (Å²) in [5, 5.41) is 3.84. The second-order valence-corrected chi connectivity index (χ2v) is 6.98. The number of piperidine rings is 1. The molecule has 92 valence electrons. The van der Waals surface area contributed by atoms with E-state index >= 15 is 0 Å². The molecule has 3 N–H and O–H groups in total. The topological polar surface area (TPSA) is 38.0 Å². The van der Waals surface area contributed by atoms with Crippen LogP contribution in [-0.2, 0) is 0 Å². The fourth-order valence-corrected chi connectivity index (χ4v) is 5.46. The predicted molar refractivity (Wildman–Crippen MR) is 70.6 cm³/mol. The molecule has 5 unspecified atom stereocenters. The fraction of sp³-hybridized carbons (Fsp3) is 1.00. The molecule has 3 saturated heterocycles. The van der Waals surface area contributed by atoms with Crippen LogP contribution >= 0.6 is 11.8 Å². The minimum Gasteiger partial charge on any atom is -0.330 e. The van der Waals surface area contributed by atoms with Crippen molar-refractivity contribution < 1.29 is 0 Å². The predicted octanol–water partition coefficient (Wildman–Crippen LogP) is 1.84. The molecule has 3 fully saturated rings. The lowest BCUT2D eigenvalue weighted by Crippen LogP contribution is -2.51. The summed E-state index contributed by atoms with van der Waals surface area (Å²) in [6, 6.07) is 1.60. The van der Waals surface area contributed by atoms with Crippen LogP contribution in [0.4, 0.5) is 0 Å². The van der Waals surface area contributed by atoms with Crippen molar-refractivity contribution in [3.05, 3.63) is 0 Å². The minimum atomic E-state index is 0.797. The zero-order valence-electron chi connectivity index (χ0n) is 10.0. The molecule has 2 bridgehead atoms. The molecule has 0 spiro atoms. The van der Waals surface area contributed by atoms with Gasteiger partial charge in [0.2, 0.25) is 0 Å². The highest BCUT2D eigenvalue weighted by Crippen LogP contribution is 2.43. The first kappa shape index (κ1) is 11.4. The third-order valence-corrected chi connectivity index (χ3v) is 6.16. The van der Waals surface area contributed by atoms with Gasteiger partial charge >= 0.3 is 0 Å². The first-order chi connectivity index (χ1) is 7.88. The van der Waals surface area contributed by atoms with Crippen LogP contribution in [0.2, 0.25) is 0 Å². The Morgan fingerprint density at radius 1 is 1.25 bits per heavy atom. The van der Waals surface area contributed by atoms with E-state index in [4.69, 9.17) is 5.73 Å². The van der Waals surface area contributed by atoms with Crippen molar-refractivity contribution in [3.8, 4) is 0 Å². The van der Waals surface area contributed by atoms with Crippen molar-refractivity contribution in [2.75, 3.05) is 18.1 Å². The summed E-state index contributed by atoms with van der Waals surface area (Å²) in [4.78, 5) is 0. The van der Waals surface area contributed by atoms with Crippen LogP contribution in [0.1, 0.15) is 32.1 Å². The SMILES string of the molecule is NCC1CC2CCC(N2)C1C1CCCSC1. The Hall–Kier alpha value is 0.270. The Kier molecular flexibility index (Phi) is 3.46. The Balaban J connectivity index is 1.73. The van der Waals surface area contributed by atoms with Crippen LogP contribution in [0.15, 0.2) is 0 Å². The van der Waals surface area contributed by atoms with Crippen molar-refractivity contribution in [3.63, 3.8) is 0 Å². The van der Waals surface area contributed by atoms with Gasteiger partial charge in [0.05, 0.1) is 0 Å². The van der Waals surface area contributed by atoms with Gasteiger partial charge < -0.3 is 11.1 Å². The monoisotopic (exact) mass is 240 g/mol. The van der Waals surface area contributed by atoms with E-state index in [1.807, 2.05) is 0 Å². The van der Waals surface area contributed by atoms with Gasteiger partial charge in [-0.3, -0.25) is 0 Å². The average molecular weight is 240 g/mol. The summed E-state index contributed by atoms with van der Waals surface area (Å²) in [5.41, 5.74) is 6.02. The van der Waals surface area contributed by atoms with Gasteiger partial charge in [-0.05, 0) is 67.9 Å². The summed E-state index contributed by atoms with van der Waals surface area (Å²) in [6.45, 7) is 0.917. The molecule has 3 heteroatoms. The fourth-order valence-electron chi connectivity index (χ4n) is 4.23. The number of hydrogen-bond acceptors (Lipinski definition) is 3. The highest BCUT2D eigenvalue weighted by Gasteiger charge is 2.44. The quantitative estimate of drug-likeness (QED) is 0.773. The molecule has 16 heavy (non-hydrogen) atoms.